The number of fused-ring (bicyclic) bond motifs is 3. The quantitative estimate of drug-likeness (QED) is 0.194. The topological polar surface area (TPSA) is 0 Å². The zero-order valence-electron chi connectivity index (χ0n) is 27.1. The molecule has 5 aromatic rings. The maximum absolute atomic E-state index is 2.99. The second kappa shape index (κ2) is 17.4. The van der Waals surface area contributed by atoms with Crippen LogP contribution in [-0.2, 0) is 26.2 Å². The number of allylic oxidation sites excluding steroid dienone is 4. The predicted octanol–water partition coefficient (Wildman–Crippen LogP) is 6.16. The molecule has 0 saturated heterocycles. The molecule has 0 nitrogen and oxygen atoms in total. The van der Waals surface area contributed by atoms with Crippen molar-refractivity contribution in [2.24, 2.45) is 0 Å². The van der Waals surface area contributed by atoms with Gasteiger partial charge in [-0.05, 0) is 74.9 Å². The van der Waals surface area contributed by atoms with Crippen LogP contribution in [0.2, 0.25) is 0 Å². The van der Waals surface area contributed by atoms with Gasteiger partial charge in [-0.1, -0.05) is 103 Å². The van der Waals surface area contributed by atoms with Crippen LogP contribution in [0.15, 0.2) is 85.0 Å². The first kappa shape index (κ1) is 37.9. The van der Waals surface area contributed by atoms with Gasteiger partial charge in [-0.2, -0.15) is 6.08 Å². The third-order valence-electron chi connectivity index (χ3n) is 8.47. The van der Waals surface area contributed by atoms with Gasteiger partial charge in [0.25, 0.3) is 0 Å². The molecule has 0 unspecified atom stereocenters. The number of hydrogen-bond acceptors (Lipinski definition) is 0. The molecule has 0 aliphatic heterocycles. The summed E-state index contributed by atoms with van der Waals surface area (Å²) in [6.07, 6.45) is 17.5. The van der Waals surface area contributed by atoms with E-state index in [0.29, 0.717) is 0 Å². The first-order chi connectivity index (χ1) is 19.8. The van der Waals surface area contributed by atoms with E-state index in [0.717, 1.165) is 6.42 Å². The van der Waals surface area contributed by atoms with Crippen LogP contribution in [0.3, 0.4) is 0 Å². The third kappa shape index (κ3) is 8.90. The van der Waals surface area contributed by atoms with E-state index >= 15 is 0 Å². The average molecular weight is 699 g/mol. The Balaban J connectivity index is 0.000000442. The van der Waals surface area contributed by atoms with Gasteiger partial charge in [0.15, 0.2) is 0 Å². The monoisotopic (exact) mass is 696 g/mol. The van der Waals surface area contributed by atoms with Crippen molar-refractivity contribution < 1.29 is 51.0 Å². The van der Waals surface area contributed by atoms with Gasteiger partial charge in [0, 0.05) is 0 Å². The van der Waals surface area contributed by atoms with Crippen LogP contribution in [-0.4, -0.2) is 0 Å². The van der Waals surface area contributed by atoms with Crippen molar-refractivity contribution in [2.45, 2.75) is 80.1 Å². The summed E-state index contributed by atoms with van der Waals surface area (Å²) in [5.74, 6) is 0. The minimum atomic E-state index is 0. The second-order valence-electron chi connectivity index (χ2n) is 12.1. The Labute approximate surface area is 297 Å². The van der Waals surface area contributed by atoms with Crippen LogP contribution in [0, 0.1) is 47.6 Å². The smallest absolute Gasteiger partial charge is 1.00 e. The summed E-state index contributed by atoms with van der Waals surface area (Å²) in [5.41, 5.74) is 13.4. The van der Waals surface area contributed by atoms with Gasteiger partial charge in [-0.3, -0.25) is 6.08 Å². The van der Waals surface area contributed by atoms with Gasteiger partial charge < -0.3 is 24.8 Å². The summed E-state index contributed by atoms with van der Waals surface area (Å²) in [6.45, 7) is 13.2. The Kier molecular flexibility index (Phi) is 15.0. The molecule has 226 valence electrons. The first-order valence-corrected chi connectivity index (χ1v) is 15.3. The number of halogens is 2. The fourth-order valence-corrected chi connectivity index (χ4v) is 6.83. The second-order valence-corrected chi connectivity index (χ2v) is 12.1. The summed E-state index contributed by atoms with van der Waals surface area (Å²) >= 11 is 0. The van der Waals surface area contributed by atoms with Crippen LogP contribution in [0.25, 0.3) is 43.8 Å². The van der Waals surface area contributed by atoms with Crippen molar-refractivity contribution in [3.8, 4) is 22.3 Å². The molecule has 0 amide bonds. The SMILES string of the molecule is C1CCCC1.Cc1cc(C)c(-c2ccc3c(c2)[cH-]c2cc(-c4c(C)cc(C)cc4C)ccc23)c(C)c1.[C-]1=CC=CC1.[Cl-].[Cl-].[Zr+4]. The molecular formula is C41H44Cl2Zr. The number of hydrogen-bond donors (Lipinski definition) is 0. The Morgan fingerprint density at radius 3 is 1.23 bits per heavy atom. The van der Waals surface area contributed by atoms with Gasteiger partial charge in [-0.25, -0.2) is 12.2 Å². The minimum Gasteiger partial charge on any atom is -1.00 e. The molecular weight excluding hydrogens is 655 g/mol. The molecule has 3 heteroatoms. The summed E-state index contributed by atoms with van der Waals surface area (Å²) in [6, 6.07) is 25.4. The fraction of sp³-hybridized carbons (Fsp3) is 0.293. The first-order valence-electron chi connectivity index (χ1n) is 15.3. The standard InChI is InChI=1S/C31H29.C5H10.C5H5.2ClH.Zr/c1-18-11-20(3)30(21(4)12-18)24-7-9-28-26(15-24)17-27-16-25(8-10-29(27)28)31-22(5)13-19(2)14-23(31)6;2*1-2-4-5-3-1;;;/h7-17H,1-6H3;1-5H2;1-3H,4H2;2*1H;/q-1;;-1;;;+4/p-2. The number of aryl methyl sites for hydroxylation is 6. The molecule has 0 radical (unpaired) electrons. The summed E-state index contributed by atoms with van der Waals surface area (Å²) in [4.78, 5) is 0. The molecule has 0 aromatic heterocycles. The van der Waals surface area contributed by atoms with Crippen molar-refractivity contribution in [3.05, 3.63) is 124 Å². The van der Waals surface area contributed by atoms with Crippen LogP contribution < -0.4 is 24.8 Å². The molecule has 1 fully saturated rings. The zero-order valence-corrected chi connectivity index (χ0v) is 31.1. The van der Waals surface area contributed by atoms with Crippen LogP contribution in [0.4, 0.5) is 0 Å². The van der Waals surface area contributed by atoms with Gasteiger partial charge in [0.1, 0.15) is 0 Å². The van der Waals surface area contributed by atoms with Gasteiger partial charge in [0.2, 0.25) is 0 Å². The molecule has 0 spiro atoms. The molecule has 2 aliphatic rings. The van der Waals surface area contributed by atoms with E-state index in [1.807, 2.05) is 12.2 Å². The Morgan fingerprint density at radius 2 is 0.932 bits per heavy atom. The Hall–Kier alpha value is -2.31. The molecule has 1 saturated carbocycles. The van der Waals surface area contributed by atoms with Gasteiger partial charge in [0.05, 0.1) is 0 Å². The molecule has 7 rings (SSSR count). The van der Waals surface area contributed by atoms with E-state index in [1.165, 1.54) is 109 Å². The maximum Gasteiger partial charge on any atom is 4.00 e. The van der Waals surface area contributed by atoms with E-state index < -0.39 is 0 Å². The molecule has 0 bridgehead atoms. The normalized spacial score (nSPS) is 12.9. The van der Waals surface area contributed by atoms with Crippen molar-refractivity contribution in [1.29, 1.82) is 0 Å². The predicted molar refractivity (Wildman–Crippen MR) is 181 cm³/mol. The largest absolute Gasteiger partial charge is 4.00 e. The van der Waals surface area contributed by atoms with E-state index in [9.17, 15) is 0 Å². The third-order valence-corrected chi connectivity index (χ3v) is 8.47. The van der Waals surface area contributed by atoms with Gasteiger partial charge in [-0.15, -0.1) is 46.2 Å². The Morgan fingerprint density at radius 1 is 0.545 bits per heavy atom. The number of rotatable bonds is 2. The van der Waals surface area contributed by atoms with Crippen molar-refractivity contribution in [2.75, 3.05) is 0 Å². The maximum atomic E-state index is 2.99. The van der Waals surface area contributed by atoms with Crippen molar-refractivity contribution in [1.82, 2.24) is 0 Å². The van der Waals surface area contributed by atoms with E-state index in [4.69, 9.17) is 0 Å². The van der Waals surface area contributed by atoms with Crippen LogP contribution >= 0.6 is 0 Å². The molecule has 0 atom stereocenters. The average Bonchev–Trinajstić information content (AvgIpc) is 3.72. The summed E-state index contributed by atoms with van der Waals surface area (Å²) < 4.78 is 0. The zero-order chi connectivity index (χ0) is 28.9. The Bertz CT molecular complexity index is 1570. The minimum absolute atomic E-state index is 0. The molecule has 0 N–H and O–H groups in total. The van der Waals surface area contributed by atoms with Crippen LogP contribution in [0.1, 0.15) is 71.9 Å². The molecule has 44 heavy (non-hydrogen) atoms. The molecule has 0 heterocycles. The molecule has 5 aromatic carbocycles. The van der Waals surface area contributed by atoms with Gasteiger partial charge >= 0.3 is 26.2 Å². The van der Waals surface area contributed by atoms with E-state index in [1.54, 1.807) is 0 Å². The van der Waals surface area contributed by atoms with Crippen molar-refractivity contribution >= 4 is 21.5 Å². The van der Waals surface area contributed by atoms with E-state index in [-0.39, 0.29) is 51.0 Å². The fourth-order valence-electron chi connectivity index (χ4n) is 6.83. The summed E-state index contributed by atoms with van der Waals surface area (Å²) in [5, 5.41) is 5.32. The number of benzene rings is 4. The summed E-state index contributed by atoms with van der Waals surface area (Å²) in [7, 11) is 0. The van der Waals surface area contributed by atoms with Crippen molar-refractivity contribution in [3.63, 3.8) is 0 Å². The van der Waals surface area contributed by atoms with Crippen LogP contribution in [0.5, 0.6) is 0 Å². The molecule has 2 aliphatic carbocycles. The van der Waals surface area contributed by atoms with E-state index in [2.05, 4.69) is 120 Å².